The van der Waals surface area contributed by atoms with Crippen LogP contribution < -0.4 is 5.32 Å². The van der Waals surface area contributed by atoms with Crippen molar-refractivity contribution < 1.29 is 134 Å². The van der Waals surface area contributed by atoms with Crippen molar-refractivity contribution in [1.29, 1.82) is 0 Å². The largest absolute Gasteiger partial charge is 0.432 e. The van der Waals surface area contributed by atoms with Crippen molar-refractivity contribution in [2.24, 2.45) is 28.1 Å². The Morgan fingerprint density at radius 1 is 0.562 bits per heavy atom. The van der Waals surface area contributed by atoms with Crippen molar-refractivity contribution in [1.82, 2.24) is 5.32 Å². The van der Waals surface area contributed by atoms with Crippen LogP contribution in [0.25, 0.3) is 0 Å². The Hall–Kier alpha value is -2.28. The number of aliphatic hydroxyl groups excluding tert-OH is 15. The highest BCUT2D eigenvalue weighted by Crippen LogP contribution is 2.74. The molecule has 9 aliphatic rings. The molecule has 0 aromatic rings. The molecule has 1 amide bonds. The van der Waals surface area contributed by atoms with Crippen LogP contribution in [0.1, 0.15) is 85.0 Å². The van der Waals surface area contributed by atoms with Crippen LogP contribution in [0.15, 0.2) is 12.2 Å². The summed E-state index contributed by atoms with van der Waals surface area (Å²) in [6.45, 7) is 5.84. The summed E-state index contributed by atoms with van der Waals surface area (Å²) in [6, 6.07) is -1.01. The molecule has 16 N–H and O–H groups in total. The molecule has 458 valence electrons. The lowest BCUT2D eigenvalue weighted by Gasteiger charge is -2.64. The molecular formula is C52H83NO27. The number of amides is 1. The van der Waals surface area contributed by atoms with E-state index < -0.39 is 214 Å². The van der Waals surface area contributed by atoms with Crippen LogP contribution in [0.3, 0.4) is 0 Å². The summed E-state index contributed by atoms with van der Waals surface area (Å²) in [5, 5.41) is 163. The average Bonchev–Trinajstić information content (AvgIpc) is 3.60. The van der Waals surface area contributed by atoms with E-state index in [9.17, 15) is 81.4 Å². The number of fused-ring (bicyclic) bond motifs is 3. The Bertz CT molecular complexity index is 2160. The molecule has 30 atom stereocenters. The molecule has 4 saturated carbocycles. The summed E-state index contributed by atoms with van der Waals surface area (Å²) < 4.78 is 61.3. The molecule has 0 aromatic carbocycles. The Kier molecular flexibility index (Phi) is 18.9. The summed E-state index contributed by atoms with van der Waals surface area (Å²) in [7, 11) is 0. The molecular weight excluding hydrogens is 1070 g/mol. The first-order chi connectivity index (χ1) is 37.8. The molecule has 5 heterocycles. The molecule has 2 bridgehead atoms. The van der Waals surface area contributed by atoms with Gasteiger partial charge in [-0.15, -0.1) is 0 Å². The van der Waals surface area contributed by atoms with E-state index in [0.29, 0.717) is 63.4 Å². The lowest BCUT2D eigenvalue weighted by atomic mass is 9.41. The van der Waals surface area contributed by atoms with Gasteiger partial charge in [0.2, 0.25) is 12.2 Å². The molecule has 0 radical (unpaired) electrons. The van der Waals surface area contributed by atoms with Crippen LogP contribution >= 0.6 is 0 Å². The second kappa shape index (κ2) is 24.2. The van der Waals surface area contributed by atoms with Crippen molar-refractivity contribution in [3.63, 3.8) is 0 Å². The lowest BCUT2D eigenvalue weighted by molar-refractivity contribution is -0.400. The van der Waals surface area contributed by atoms with Gasteiger partial charge in [-0.25, -0.2) is 0 Å². The quantitative estimate of drug-likeness (QED) is 0.0388. The number of carbonyl (C=O) groups is 2. The fourth-order valence-corrected chi connectivity index (χ4v) is 15.3. The standard InChI is InChI=1S/C52H83NO27/c1-20-13-51-10-6-29-49(3,8-5-9-50(29,4)48(70)79-46-41(37(67)33(63)27(17-57)74-46)77-43-22(53-21(2)59)12-23(60)24(14-54)71-43)30(51)7-11-52(20,19-51)80-47-42(78-45-39(69)36(66)32(62)26(16-56)73-45)40(34(64)28(18-58)75-47)76-44-38(68)35(65)31(61)25(15-55)72-44/h22-47,54-58,60-69H,1,5-19H2,2-4H3,(H,53,59)/t22?,23?,24?,25?,26?,27?,28?,29?,30-,31?,32?,33?,34?,35?,36?,37?,38?,39?,40?,41?,42?,43?,44?,45?,46?,47?,49+,50+,51+,52-/m0/s1. The molecule has 1 spiro atoms. The van der Waals surface area contributed by atoms with E-state index in [-0.39, 0.29) is 18.3 Å². The Morgan fingerprint density at radius 3 is 1.64 bits per heavy atom. The Labute approximate surface area is 461 Å². The first-order valence-electron chi connectivity index (χ1n) is 27.8. The van der Waals surface area contributed by atoms with Gasteiger partial charge in [0, 0.05) is 13.3 Å². The Balaban J connectivity index is 0.968. The zero-order valence-electron chi connectivity index (χ0n) is 44.9. The predicted molar refractivity (Wildman–Crippen MR) is 262 cm³/mol. The monoisotopic (exact) mass is 1150 g/mol. The van der Waals surface area contributed by atoms with Crippen molar-refractivity contribution in [3.05, 3.63) is 12.2 Å². The number of nitrogens with one attached hydrogen (secondary N) is 1. The zero-order chi connectivity index (χ0) is 58.1. The highest BCUT2D eigenvalue weighted by molar-refractivity contribution is 5.77. The number of hydrogen-bond acceptors (Lipinski definition) is 27. The van der Waals surface area contributed by atoms with Crippen LogP contribution in [-0.2, 0) is 57.0 Å². The van der Waals surface area contributed by atoms with Crippen LogP contribution in [0.4, 0.5) is 0 Å². The number of esters is 1. The number of carbonyl (C=O) groups excluding carboxylic acids is 2. The van der Waals surface area contributed by atoms with E-state index in [4.69, 9.17) is 47.4 Å². The molecule has 25 unspecified atom stereocenters. The lowest BCUT2D eigenvalue weighted by Crippen LogP contribution is -2.68. The third-order valence-electron chi connectivity index (χ3n) is 19.5. The van der Waals surface area contributed by atoms with Gasteiger partial charge in [-0.3, -0.25) is 9.59 Å². The fraction of sp³-hybridized carbons (Fsp3) is 0.923. The van der Waals surface area contributed by atoms with E-state index in [0.717, 1.165) is 0 Å². The second-order valence-electron chi connectivity index (χ2n) is 24.3. The van der Waals surface area contributed by atoms with Gasteiger partial charge in [0.15, 0.2) is 31.3 Å². The smallest absolute Gasteiger partial charge is 0.314 e. The van der Waals surface area contributed by atoms with E-state index in [1.165, 1.54) is 6.92 Å². The number of ether oxygens (including phenoxy) is 10. The summed E-state index contributed by atoms with van der Waals surface area (Å²) in [5.74, 6) is -1.56. The molecule has 9 rings (SSSR count). The second-order valence-corrected chi connectivity index (χ2v) is 24.3. The molecule has 80 heavy (non-hydrogen) atoms. The summed E-state index contributed by atoms with van der Waals surface area (Å²) in [4.78, 5) is 27.2. The van der Waals surface area contributed by atoms with Crippen molar-refractivity contribution in [2.45, 2.75) is 238 Å². The molecule has 28 nitrogen and oxygen atoms in total. The van der Waals surface area contributed by atoms with Crippen LogP contribution in [0.2, 0.25) is 0 Å². The van der Waals surface area contributed by atoms with E-state index in [1.54, 1.807) is 0 Å². The molecule has 5 aliphatic heterocycles. The summed E-state index contributed by atoms with van der Waals surface area (Å²) in [5.41, 5.74) is -2.73. The van der Waals surface area contributed by atoms with Crippen molar-refractivity contribution >= 4 is 11.9 Å². The SMILES string of the molecule is C=C1C[C@@]23CCC4[C@](C)(C(=O)OC5OC(CO)C(O)C(O)C5OC5OC(CO)C(O)CC5NC(C)=O)CCC[C@@]4(C)[C@@H]2CC[C@]1(OC1OC(CO)C(O)C(OC2OC(CO)C(O)C(O)C2O)C1OC1OC(CO)C(O)C(O)C1O)C3. The number of rotatable bonds is 16. The van der Waals surface area contributed by atoms with Crippen LogP contribution in [-0.4, -0.2) is 274 Å². The first-order valence-corrected chi connectivity index (χ1v) is 27.8. The maximum absolute atomic E-state index is 15.0. The number of hydrogen-bond donors (Lipinski definition) is 16. The topological polar surface area (TPSA) is 442 Å². The third-order valence-corrected chi connectivity index (χ3v) is 19.5. The fourth-order valence-electron chi connectivity index (χ4n) is 15.3. The van der Waals surface area contributed by atoms with Crippen molar-refractivity contribution in [3.8, 4) is 0 Å². The normalized spacial score (nSPS) is 52.4. The minimum atomic E-state index is -1.99. The van der Waals surface area contributed by atoms with Gasteiger partial charge in [-0.2, -0.15) is 0 Å². The minimum Gasteiger partial charge on any atom is -0.432 e. The molecule has 4 aliphatic carbocycles. The van der Waals surface area contributed by atoms with Gasteiger partial charge in [0.25, 0.3) is 0 Å². The maximum atomic E-state index is 15.0. The zero-order valence-corrected chi connectivity index (χ0v) is 44.9. The molecule has 5 saturated heterocycles. The summed E-state index contributed by atoms with van der Waals surface area (Å²) >= 11 is 0. The highest BCUT2D eigenvalue weighted by Gasteiger charge is 2.70. The van der Waals surface area contributed by atoms with Gasteiger partial charge in [0.1, 0.15) is 97.7 Å². The van der Waals surface area contributed by atoms with Crippen LogP contribution in [0.5, 0.6) is 0 Å². The molecule has 28 heteroatoms. The van der Waals surface area contributed by atoms with E-state index in [2.05, 4.69) is 18.8 Å². The number of aliphatic hydroxyl groups is 15. The van der Waals surface area contributed by atoms with Gasteiger partial charge in [-0.05, 0) is 86.5 Å². The van der Waals surface area contributed by atoms with Crippen molar-refractivity contribution in [2.75, 3.05) is 33.0 Å². The first kappa shape index (κ1) is 62.3. The highest BCUT2D eigenvalue weighted by atomic mass is 16.8. The van der Waals surface area contributed by atoms with E-state index in [1.807, 2.05) is 6.92 Å². The average molecular weight is 1150 g/mol. The molecule has 9 fully saturated rings. The van der Waals surface area contributed by atoms with E-state index >= 15 is 4.79 Å². The van der Waals surface area contributed by atoms with Gasteiger partial charge in [-0.1, -0.05) is 19.9 Å². The van der Waals surface area contributed by atoms with Gasteiger partial charge < -0.3 is 129 Å². The molecule has 0 aromatic heterocycles. The van der Waals surface area contributed by atoms with Gasteiger partial charge in [0.05, 0.1) is 56.2 Å². The minimum absolute atomic E-state index is 0.0541. The summed E-state index contributed by atoms with van der Waals surface area (Å²) in [6.07, 6.45) is -34.5. The van der Waals surface area contributed by atoms with Gasteiger partial charge >= 0.3 is 5.97 Å². The predicted octanol–water partition coefficient (Wildman–Crippen LogP) is -6.12. The maximum Gasteiger partial charge on any atom is 0.314 e. The Morgan fingerprint density at radius 2 is 1.06 bits per heavy atom. The van der Waals surface area contributed by atoms with Crippen LogP contribution in [0, 0.1) is 28.1 Å². The third kappa shape index (κ3) is 11.0.